The Morgan fingerprint density at radius 2 is 1.17 bits per heavy atom. The molecule has 1 aromatic heterocycles. The first-order valence-electron chi connectivity index (χ1n) is 14.9. The molecule has 0 aliphatic rings. The predicted octanol–water partition coefficient (Wildman–Crippen LogP) is 5.66. The van der Waals surface area contributed by atoms with E-state index in [-0.39, 0.29) is 5.82 Å². The van der Waals surface area contributed by atoms with Crippen molar-refractivity contribution in [3.63, 3.8) is 0 Å². The van der Waals surface area contributed by atoms with Gasteiger partial charge >= 0.3 is 0 Å². The first-order valence-corrected chi connectivity index (χ1v) is 17.1. The zero-order chi connectivity index (χ0) is 28.6. The van der Waals surface area contributed by atoms with Gasteiger partial charge in [0.1, 0.15) is 0 Å². The van der Waals surface area contributed by atoms with Gasteiger partial charge in [0.15, 0.2) is 8.07 Å². The lowest BCUT2D eigenvalue weighted by Gasteiger charge is -2.35. The molecule has 205 valence electrons. The van der Waals surface area contributed by atoms with Crippen LogP contribution in [0, 0.1) is 0 Å². The molecule has 0 fully saturated rings. The zero-order valence-corrected chi connectivity index (χ0v) is 25.2. The molecule has 0 amide bonds. The van der Waals surface area contributed by atoms with E-state index in [0.29, 0.717) is 0 Å². The maximum Gasteiger partial charge on any atom is 0.215 e. The van der Waals surface area contributed by atoms with Gasteiger partial charge in [0.25, 0.3) is 0 Å². The zero-order valence-electron chi connectivity index (χ0n) is 24.2. The Kier molecular flexibility index (Phi) is 8.62. The van der Waals surface area contributed by atoms with Gasteiger partial charge in [0.05, 0.1) is 5.72 Å². The highest BCUT2D eigenvalue weighted by atomic mass is 28.3. The van der Waals surface area contributed by atoms with Crippen LogP contribution in [0.25, 0.3) is 0 Å². The third-order valence-corrected chi connectivity index (χ3v) is 13.0. The van der Waals surface area contributed by atoms with Crippen LogP contribution in [0.4, 0.5) is 0 Å². The normalized spacial score (nSPS) is 11.5. The van der Waals surface area contributed by atoms with Crippen LogP contribution in [0.1, 0.15) is 35.9 Å². The number of aromatic nitrogens is 2. The van der Waals surface area contributed by atoms with Crippen molar-refractivity contribution in [3.8, 4) is 0 Å². The van der Waals surface area contributed by atoms with Crippen LogP contribution < -0.4 is 21.3 Å². The van der Waals surface area contributed by atoms with Crippen LogP contribution in [0.15, 0.2) is 158 Å². The van der Waals surface area contributed by atoms with Crippen molar-refractivity contribution in [2.45, 2.75) is 31.8 Å². The average molecular weight is 560 g/mol. The summed E-state index contributed by atoms with van der Waals surface area (Å²) in [6.07, 6.45) is 7.21. The topological polar surface area (TPSA) is 17.8 Å². The molecule has 1 heterocycles. The fraction of sp³-hybridized carbons (Fsp3) is 0.132. The summed E-state index contributed by atoms with van der Waals surface area (Å²) in [5, 5.41) is 4.26. The summed E-state index contributed by atoms with van der Waals surface area (Å²) < 4.78 is 2.40. The maximum absolute atomic E-state index is 4.95. The molecule has 0 unspecified atom stereocenters. The number of hydrogen-bond acceptors (Lipinski definition) is 1. The van der Waals surface area contributed by atoms with Crippen LogP contribution in [-0.2, 0) is 12.6 Å². The van der Waals surface area contributed by atoms with E-state index in [1.807, 2.05) is 6.20 Å². The highest BCUT2D eigenvalue weighted by Crippen LogP contribution is 2.23. The molecule has 0 atom stereocenters. The SMILES string of the molecule is CCCc1cccc([Si](Cn2ccnc2[B]C(c2ccccc2)c2ccccc2)(c2ccccc2)c2ccccc2)c1. The van der Waals surface area contributed by atoms with Crippen molar-refractivity contribution in [1.82, 2.24) is 9.55 Å². The Morgan fingerprint density at radius 3 is 1.71 bits per heavy atom. The number of imidazole rings is 1. The highest BCUT2D eigenvalue weighted by molar-refractivity contribution is 7.10. The molecule has 0 saturated carbocycles. The summed E-state index contributed by atoms with van der Waals surface area (Å²) in [6.45, 7) is 2.26. The largest absolute Gasteiger partial charge is 0.345 e. The average Bonchev–Trinajstić information content (AvgIpc) is 3.50. The molecule has 42 heavy (non-hydrogen) atoms. The molecular weight excluding hydrogens is 523 g/mol. The van der Waals surface area contributed by atoms with Gasteiger partial charge < -0.3 is 4.57 Å². The summed E-state index contributed by atoms with van der Waals surface area (Å²) in [4.78, 5) is 4.95. The van der Waals surface area contributed by atoms with Crippen molar-refractivity contribution in [2.24, 2.45) is 0 Å². The Labute approximate surface area is 252 Å². The molecule has 4 heteroatoms. The maximum atomic E-state index is 4.95. The number of nitrogens with zero attached hydrogens (tertiary/aromatic N) is 2. The van der Waals surface area contributed by atoms with Crippen LogP contribution in [0.2, 0.25) is 0 Å². The monoisotopic (exact) mass is 559 g/mol. The van der Waals surface area contributed by atoms with E-state index in [9.17, 15) is 0 Å². The lowest BCUT2D eigenvalue weighted by atomic mass is 9.58. The second-order valence-corrected chi connectivity index (χ2v) is 14.8. The minimum Gasteiger partial charge on any atom is -0.345 e. The Balaban J connectivity index is 1.49. The molecule has 0 aliphatic carbocycles. The molecule has 6 aromatic rings. The quantitative estimate of drug-likeness (QED) is 0.148. The van der Waals surface area contributed by atoms with Gasteiger partial charge in [-0.1, -0.05) is 159 Å². The fourth-order valence-electron chi connectivity index (χ4n) is 6.22. The van der Waals surface area contributed by atoms with Crippen LogP contribution in [0.5, 0.6) is 0 Å². The summed E-state index contributed by atoms with van der Waals surface area (Å²) in [7, 11) is -0.186. The second kappa shape index (κ2) is 13.1. The number of hydrogen-bond donors (Lipinski definition) is 0. The Hall–Kier alpha value is -4.41. The minimum absolute atomic E-state index is 0.103. The van der Waals surface area contributed by atoms with Gasteiger partial charge in [-0.05, 0) is 44.5 Å². The molecule has 1 radical (unpaired) electrons. The smallest absolute Gasteiger partial charge is 0.215 e. The number of benzene rings is 5. The third-order valence-electron chi connectivity index (χ3n) is 8.28. The van der Waals surface area contributed by atoms with Gasteiger partial charge in [-0.3, -0.25) is 4.98 Å². The van der Waals surface area contributed by atoms with Crippen molar-refractivity contribution in [3.05, 3.63) is 175 Å². The van der Waals surface area contributed by atoms with E-state index in [1.54, 1.807) is 0 Å². The highest BCUT2D eigenvalue weighted by Gasteiger charge is 2.40. The molecular formula is C38H36BN2Si. The van der Waals surface area contributed by atoms with Gasteiger partial charge in [0.2, 0.25) is 7.28 Å². The molecule has 6 rings (SSSR count). The third kappa shape index (κ3) is 5.81. The van der Waals surface area contributed by atoms with E-state index >= 15 is 0 Å². The van der Waals surface area contributed by atoms with Crippen molar-refractivity contribution in [1.29, 1.82) is 0 Å². The minimum atomic E-state index is -2.53. The molecule has 2 nitrogen and oxygen atoms in total. The fourth-order valence-corrected chi connectivity index (χ4v) is 10.9. The first-order chi connectivity index (χ1) is 20.8. The first kappa shape index (κ1) is 27.7. The summed E-state index contributed by atoms with van der Waals surface area (Å²) in [6, 6.07) is 53.3. The van der Waals surface area contributed by atoms with E-state index in [0.717, 1.165) is 24.7 Å². The molecule has 0 aliphatic heterocycles. The summed E-state index contributed by atoms with van der Waals surface area (Å²) >= 11 is 0. The van der Waals surface area contributed by atoms with Gasteiger partial charge in [-0.25, -0.2) is 0 Å². The Bertz CT molecular complexity index is 1610. The van der Waals surface area contributed by atoms with Crippen LogP contribution in [-0.4, -0.2) is 24.9 Å². The second-order valence-electron chi connectivity index (χ2n) is 11.0. The lowest BCUT2D eigenvalue weighted by molar-refractivity contribution is 0.889. The van der Waals surface area contributed by atoms with Crippen molar-refractivity contribution >= 4 is 36.6 Å². The van der Waals surface area contributed by atoms with E-state index in [4.69, 9.17) is 4.98 Å². The number of rotatable bonds is 11. The predicted molar refractivity (Wildman–Crippen MR) is 180 cm³/mol. The van der Waals surface area contributed by atoms with Crippen LogP contribution in [0.3, 0.4) is 0 Å². The molecule has 0 saturated heterocycles. The van der Waals surface area contributed by atoms with Crippen molar-refractivity contribution < 1.29 is 0 Å². The summed E-state index contributed by atoms with van der Waals surface area (Å²) in [5.74, 6) is 0.103. The number of aryl methyl sites for hydroxylation is 1. The van der Waals surface area contributed by atoms with Gasteiger partial charge in [-0.2, -0.15) is 0 Å². The van der Waals surface area contributed by atoms with E-state index < -0.39 is 8.07 Å². The Morgan fingerprint density at radius 1 is 0.643 bits per heavy atom. The molecule has 0 spiro atoms. The standard InChI is InChI=1S/C38H36BN2Si/c1-2-16-31-17-15-26-36(29-31)42(34-22-11-5-12-23-34,35-24-13-6-14-25-35)30-41-28-27-40-38(41)39-37(32-18-7-3-8-19-32)33-20-9-4-10-21-33/h3-15,17-29,37H,2,16,30H2,1H3. The summed E-state index contributed by atoms with van der Waals surface area (Å²) in [5.41, 5.74) is 4.94. The van der Waals surface area contributed by atoms with Gasteiger partial charge in [0, 0.05) is 18.6 Å². The molecule has 5 aromatic carbocycles. The molecule has 0 N–H and O–H groups in total. The van der Waals surface area contributed by atoms with E-state index in [2.05, 4.69) is 171 Å². The van der Waals surface area contributed by atoms with Crippen molar-refractivity contribution in [2.75, 3.05) is 0 Å². The van der Waals surface area contributed by atoms with Gasteiger partial charge in [-0.15, -0.1) is 0 Å². The van der Waals surface area contributed by atoms with E-state index in [1.165, 1.54) is 32.3 Å². The van der Waals surface area contributed by atoms with Crippen LogP contribution >= 0.6 is 0 Å². The molecule has 0 bridgehead atoms. The lowest BCUT2D eigenvalue weighted by Crippen LogP contribution is -2.70.